The molecule has 0 bridgehead atoms. The van der Waals surface area contributed by atoms with Gasteiger partial charge in [-0.15, -0.1) is 11.3 Å². The van der Waals surface area contributed by atoms with Gasteiger partial charge in [-0.05, 0) is 18.6 Å². The molecule has 140 valence electrons. The maximum atomic E-state index is 13.0. The molecule has 0 atom stereocenters. The summed E-state index contributed by atoms with van der Waals surface area (Å²) in [5, 5.41) is 2.54. The van der Waals surface area contributed by atoms with Gasteiger partial charge in [-0.3, -0.25) is 9.69 Å². The molecule has 6 nitrogen and oxygen atoms in total. The number of nitrogens with one attached hydrogen (secondary N) is 1. The third kappa shape index (κ3) is 3.98. The number of benzene rings is 1. The number of nitrogens with zero attached hydrogens (tertiary/aromatic N) is 2. The lowest BCUT2D eigenvalue weighted by atomic mass is 10.2. The molecule has 1 saturated heterocycles. The topological polar surface area (TPSA) is 69.7 Å². The Morgan fingerprint density at radius 2 is 1.81 bits per heavy atom. The number of rotatable bonds is 5. The Kier molecular flexibility index (Phi) is 5.76. The first-order valence-corrected chi connectivity index (χ1v) is 10.8. The van der Waals surface area contributed by atoms with Crippen LogP contribution >= 0.6 is 11.3 Å². The Morgan fingerprint density at radius 1 is 1.15 bits per heavy atom. The van der Waals surface area contributed by atoms with E-state index in [0.29, 0.717) is 35.9 Å². The SMILES string of the molecule is CNC(=O)c1cc(S(=O)(=O)N2CCN(Cc3ccccc3)CC2)c(C)s1. The van der Waals surface area contributed by atoms with Gasteiger partial charge in [0, 0.05) is 44.6 Å². The van der Waals surface area contributed by atoms with E-state index in [1.54, 1.807) is 6.92 Å². The van der Waals surface area contributed by atoms with E-state index in [4.69, 9.17) is 0 Å². The lowest BCUT2D eigenvalue weighted by Gasteiger charge is -2.34. The van der Waals surface area contributed by atoms with Crippen LogP contribution in [0.15, 0.2) is 41.3 Å². The summed E-state index contributed by atoms with van der Waals surface area (Å²) < 4.78 is 27.5. The highest BCUT2D eigenvalue weighted by Gasteiger charge is 2.31. The van der Waals surface area contributed by atoms with Gasteiger partial charge in [0.15, 0.2) is 0 Å². The number of sulfonamides is 1. The fourth-order valence-electron chi connectivity index (χ4n) is 3.07. The highest BCUT2D eigenvalue weighted by Crippen LogP contribution is 2.29. The second-order valence-corrected chi connectivity index (χ2v) is 9.44. The van der Waals surface area contributed by atoms with Crippen molar-refractivity contribution in [3.05, 3.63) is 51.7 Å². The molecule has 1 N–H and O–H groups in total. The van der Waals surface area contributed by atoms with Gasteiger partial charge in [0.25, 0.3) is 5.91 Å². The summed E-state index contributed by atoms with van der Waals surface area (Å²) in [4.78, 5) is 15.4. The fourth-order valence-corrected chi connectivity index (χ4v) is 5.99. The molecule has 0 unspecified atom stereocenters. The molecule has 1 amide bonds. The van der Waals surface area contributed by atoms with Crippen LogP contribution in [-0.4, -0.2) is 56.8 Å². The molecule has 0 spiro atoms. The van der Waals surface area contributed by atoms with Gasteiger partial charge in [0.2, 0.25) is 10.0 Å². The summed E-state index contributed by atoms with van der Waals surface area (Å²) in [5.74, 6) is -0.257. The zero-order valence-electron chi connectivity index (χ0n) is 14.9. The normalized spacial score (nSPS) is 16.5. The monoisotopic (exact) mass is 393 g/mol. The highest BCUT2D eigenvalue weighted by molar-refractivity contribution is 7.89. The van der Waals surface area contributed by atoms with E-state index >= 15 is 0 Å². The predicted octanol–water partition coefficient (Wildman–Crippen LogP) is 1.92. The lowest BCUT2D eigenvalue weighted by Crippen LogP contribution is -2.48. The molecular weight excluding hydrogens is 370 g/mol. The number of thiophene rings is 1. The predicted molar refractivity (Wildman–Crippen MR) is 103 cm³/mol. The zero-order valence-corrected chi connectivity index (χ0v) is 16.6. The van der Waals surface area contributed by atoms with E-state index in [1.165, 1.54) is 34.3 Å². The van der Waals surface area contributed by atoms with Crippen molar-refractivity contribution in [3.63, 3.8) is 0 Å². The average molecular weight is 394 g/mol. The molecule has 1 aromatic carbocycles. The zero-order chi connectivity index (χ0) is 18.7. The summed E-state index contributed by atoms with van der Waals surface area (Å²) >= 11 is 1.21. The number of aryl methyl sites for hydroxylation is 1. The van der Waals surface area contributed by atoms with Gasteiger partial charge in [-0.25, -0.2) is 8.42 Å². The summed E-state index contributed by atoms with van der Waals surface area (Å²) in [7, 11) is -2.03. The molecule has 2 heterocycles. The summed E-state index contributed by atoms with van der Waals surface area (Å²) in [6.45, 7) is 4.88. The van der Waals surface area contributed by atoms with Gasteiger partial charge in [0.1, 0.15) is 0 Å². The summed E-state index contributed by atoms with van der Waals surface area (Å²) in [6, 6.07) is 11.7. The van der Waals surface area contributed by atoms with E-state index in [1.807, 2.05) is 18.2 Å². The van der Waals surface area contributed by atoms with E-state index in [0.717, 1.165) is 6.54 Å². The Bertz CT molecular complexity index is 870. The molecule has 1 aromatic heterocycles. The molecule has 2 aromatic rings. The van der Waals surface area contributed by atoms with Gasteiger partial charge < -0.3 is 5.32 Å². The summed E-state index contributed by atoms with van der Waals surface area (Å²) in [6.07, 6.45) is 0. The first-order chi connectivity index (χ1) is 12.4. The standard InChI is InChI=1S/C18H23N3O3S2/c1-14-17(12-16(25-14)18(22)19-2)26(23,24)21-10-8-20(9-11-21)13-15-6-4-3-5-7-15/h3-7,12H,8-11,13H2,1-2H3,(H,19,22). The molecule has 1 aliphatic heterocycles. The van der Waals surface area contributed by atoms with Gasteiger partial charge in [0.05, 0.1) is 9.77 Å². The first kappa shape index (κ1) is 19.0. The molecule has 8 heteroatoms. The van der Waals surface area contributed by atoms with Crippen molar-refractivity contribution in [3.8, 4) is 0 Å². The number of amides is 1. The third-order valence-electron chi connectivity index (χ3n) is 4.52. The average Bonchev–Trinajstić information content (AvgIpc) is 3.05. The first-order valence-electron chi connectivity index (χ1n) is 8.51. The van der Waals surface area contributed by atoms with Gasteiger partial charge in [-0.1, -0.05) is 30.3 Å². The Balaban J connectivity index is 1.68. The number of carbonyl (C=O) groups is 1. The Labute approximate surface area is 158 Å². The molecular formula is C18H23N3O3S2. The van der Waals surface area contributed by atoms with Crippen LogP contribution < -0.4 is 5.32 Å². The van der Waals surface area contributed by atoms with E-state index < -0.39 is 10.0 Å². The van der Waals surface area contributed by atoms with Crippen LogP contribution in [0, 0.1) is 6.92 Å². The minimum Gasteiger partial charge on any atom is -0.354 e. The van der Waals surface area contributed by atoms with Crippen molar-refractivity contribution in [1.29, 1.82) is 0 Å². The second kappa shape index (κ2) is 7.87. The van der Waals surface area contributed by atoms with E-state index in [2.05, 4.69) is 22.3 Å². The number of carbonyl (C=O) groups excluding carboxylic acids is 1. The van der Waals surface area contributed by atoms with Crippen molar-refractivity contribution in [2.45, 2.75) is 18.4 Å². The smallest absolute Gasteiger partial charge is 0.261 e. The van der Waals surface area contributed by atoms with Crippen LogP contribution in [0.2, 0.25) is 0 Å². The molecule has 0 saturated carbocycles. The van der Waals surface area contributed by atoms with E-state index in [-0.39, 0.29) is 10.8 Å². The van der Waals surface area contributed by atoms with Crippen molar-refractivity contribution in [1.82, 2.24) is 14.5 Å². The van der Waals surface area contributed by atoms with Crippen molar-refractivity contribution < 1.29 is 13.2 Å². The van der Waals surface area contributed by atoms with Crippen molar-refractivity contribution >= 4 is 27.3 Å². The third-order valence-corrected chi connectivity index (χ3v) is 7.72. The highest BCUT2D eigenvalue weighted by atomic mass is 32.2. The Morgan fingerprint density at radius 3 is 2.42 bits per heavy atom. The van der Waals surface area contributed by atoms with Crippen LogP contribution in [0.3, 0.4) is 0 Å². The number of hydrogen-bond donors (Lipinski definition) is 1. The Hall–Kier alpha value is -1.74. The minimum absolute atomic E-state index is 0.248. The molecule has 1 aliphatic rings. The molecule has 0 aliphatic carbocycles. The fraction of sp³-hybridized carbons (Fsp3) is 0.389. The summed E-state index contributed by atoms with van der Waals surface area (Å²) in [5.41, 5.74) is 1.23. The van der Waals surface area contributed by atoms with Crippen LogP contribution in [0.5, 0.6) is 0 Å². The molecule has 0 radical (unpaired) electrons. The maximum absolute atomic E-state index is 13.0. The minimum atomic E-state index is -3.57. The second-order valence-electron chi connectivity index (χ2n) is 6.28. The largest absolute Gasteiger partial charge is 0.354 e. The van der Waals surface area contributed by atoms with E-state index in [9.17, 15) is 13.2 Å². The number of hydrogen-bond acceptors (Lipinski definition) is 5. The molecule has 3 rings (SSSR count). The lowest BCUT2D eigenvalue weighted by molar-refractivity contribution is 0.0967. The molecule has 1 fully saturated rings. The van der Waals surface area contributed by atoms with Crippen molar-refractivity contribution in [2.24, 2.45) is 0 Å². The van der Waals surface area contributed by atoms with Gasteiger partial charge >= 0.3 is 0 Å². The van der Waals surface area contributed by atoms with Crippen molar-refractivity contribution in [2.75, 3.05) is 33.2 Å². The van der Waals surface area contributed by atoms with Crippen LogP contribution in [0.1, 0.15) is 20.1 Å². The van der Waals surface area contributed by atoms with Gasteiger partial charge in [-0.2, -0.15) is 4.31 Å². The quantitative estimate of drug-likeness (QED) is 0.843. The maximum Gasteiger partial charge on any atom is 0.261 e. The number of piperazine rings is 1. The van der Waals surface area contributed by atoms with Crippen LogP contribution in [0.25, 0.3) is 0 Å². The van der Waals surface area contributed by atoms with Crippen LogP contribution in [-0.2, 0) is 16.6 Å². The molecule has 26 heavy (non-hydrogen) atoms. The van der Waals surface area contributed by atoms with Crippen LogP contribution in [0.4, 0.5) is 0 Å².